The van der Waals surface area contributed by atoms with Crippen molar-refractivity contribution in [3.63, 3.8) is 0 Å². The fourth-order valence-electron chi connectivity index (χ4n) is 2.87. The average molecular weight is 315 g/mol. The first-order valence-electron chi connectivity index (χ1n) is 7.98. The van der Waals surface area contributed by atoms with Crippen LogP contribution in [0.2, 0.25) is 0 Å². The molecule has 1 fully saturated rings. The molecule has 0 radical (unpaired) electrons. The van der Waals surface area contributed by atoms with Gasteiger partial charge in [0.05, 0.1) is 0 Å². The van der Waals surface area contributed by atoms with E-state index < -0.39 is 0 Å². The lowest BCUT2D eigenvalue weighted by atomic mass is 10.1. The molecular weight excluding hydrogens is 294 g/mol. The second kappa shape index (κ2) is 6.81. The number of hydrazone groups is 1. The van der Waals surface area contributed by atoms with E-state index in [-0.39, 0.29) is 17.9 Å². The Labute approximate surface area is 135 Å². The molecular formula is C17H21N3O3. The number of para-hydroxylation sites is 1. The van der Waals surface area contributed by atoms with Crippen molar-refractivity contribution in [3.8, 4) is 5.75 Å². The smallest absolute Gasteiger partial charge is 0.270 e. The van der Waals surface area contributed by atoms with Gasteiger partial charge in [0.1, 0.15) is 17.6 Å². The summed E-state index contributed by atoms with van der Waals surface area (Å²) in [6.07, 6.45) is 2.54. The highest BCUT2D eigenvalue weighted by molar-refractivity contribution is 6.39. The van der Waals surface area contributed by atoms with E-state index in [9.17, 15) is 9.59 Å². The van der Waals surface area contributed by atoms with Crippen LogP contribution >= 0.6 is 0 Å². The molecule has 122 valence electrons. The summed E-state index contributed by atoms with van der Waals surface area (Å²) in [4.78, 5) is 25.7. The van der Waals surface area contributed by atoms with E-state index in [0.29, 0.717) is 31.6 Å². The van der Waals surface area contributed by atoms with Crippen molar-refractivity contribution in [2.45, 2.75) is 31.8 Å². The number of carbonyl (C=O) groups excluding carboxylic acids is 2. The number of nitrogens with zero attached hydrogens (tertiary/aromatic N) is 3. The number of piperidine rings is 1. The fraction of sp³-hybridized carbons (Fsp3) is 0.471. The molecule has 23 heavy (non-hydrogen) atoms. The zero-order chi connectivity index (χ0) is 16.2. The Kier molecular flexibility index (Phi) is 4.60. The highest BCUT2D eigenvalue weighted by Crippen LogP contribution is 2.19. The van der Waals surface area contributed by atoms with Crippen molar-refractivity contribution in [1.82, 2.24) is 9.91 Å². The van der Waals surface area contributed by atoms with Crippen molar-refractivity contribution < 1.29 is 14.3 Å². The Balaban J connectivity index is 1.53. The third-order valence-corrected chi connectivity index (χ3v) is 4.23. The second-order valence-electron chi connectivity index (χ2n) is 5.89. The standard InChI is InChI=1S/C17H21N3O3/c1-19-16(21)8-7-15(18-19)17(22)20-11-9-14(10-12-20)23-13-5-3-2-4-6-13/h2-6,14H,7-12H2,1H3. The van der Waals surface area contributed by atoms with E-state index in [0.717, 1.165) is 18.6 Å². The van der Waals surface area contributed by atoms with Gasteiger partial charge in [-0.25, -0.2) is 5.01 Å². The number of amides is 2. The summed E-state index contributed by atoms with van der Waals surface area (Å²) < 4.78 is 5.94. The van der Waals surface area contributed by atoms with Crippen molar-refractivity contribution in [2.24, 2.45) is 5.10 Å². The molecule has 0 aliphatic carbocycles. The quantitative estimate of drug-likeness (QED) is 0.852. The molecule has 6 heteroatoms. The van der Waals surface area contributed by atoms with Gasteiger partial charge in [-0.2, -0.15) is 5.10 Å². The van der Waals surface area contributed by atoms with Crippen LogP contribution in [0.15, 0.2) is 35.4 Å². The molecule has 0 spiro atoms. The number of likely N-dealkylation sites (tertiary alicyclic amines) is 1. The fourth-order valence-corrected chi connectivity index (χ4v) is 2.87. The zero-order valence-electron chi connectivity index (χ0n) is 13.3. The number of benzene rings is 1. The van der Waals surface area contributed by atoms with Gasteiger partial charge in [0.15, 0.2) is 0 Å². The first-order valence-corrected chi connectivity index (χ1v) is 7.98. The predicted molar refractivity (Wildman–Crippen MR) is 86.1 cm³/mol. The van der Waals surface area contributed by atoms with Crippen molar-refractivity contribution >= 4 is 17.5 Å². The molecule has 0 atom stereocenters. The number of ether oxygens (including phenoxy) is 1. The summed E-state index contributed by atoms with van der Waals surface area (Å²) in [5, 5.41) is 5.37. The third kappa shape index (κ3) is 3.70. The molecule has 0 bridgehead atoms. The maximum atomic E-state index is 12.5. The Hall–Kier alpha value is -2.37. The Morgan fingerprint density at radius 1 is 1.17 bits per heavy atom. The van der Waals surface area contributed by atoms with Crippen LogP contribution in [0.5, 0.6) is 5.75 Å². The van der Waals surface area contributed by atoms with E-state index >= 15 is 0 Å². The summed E-state index contributed by atoms with van der Waals surface area (Å²) in [5.41, 5.74) is 0.481. The molecule has 2 aliphatic heterocycles. The summed E-state index contributed by atoms with van der Waals surface area (Å²) in [6.45, 7) is 1.32. The molecule has 1 aromatic carbocycles. The zero-order valence-corrected chi connectivity index (χ0v) is 13.3. The van der Waals surface area contributed by atoms with Crippen molar-refractivity contribution in [1.29, 1.82) is 0 Å². The molecule has 3 rings (SSSR count). The van der Waals surface area contributed by atoms with E-state index in [1.54, 1.807) is 7.05 Å². The maximum absolute atomic E-state index is 12.5. The lowest BCUT2D eigenvalue weighted by Crippen LogP contribution is -2.46. The van der Waals surface area contributed by atoms with Gasteiger partial charge in [-0.15, -0.1) is 0 Å². The van der Waals surface area contributed by atoms with E-state index in [4.69, 9.17) is 4.74 Å². The summed E-state index contributed by atoms with van der Waals surface area (Å²) in [6, 6.07) is 9.75. The van der Waals surface area contributed by atoms with Gasteiger partial charge < -0.3 is 9.64 Å². The first-order chi connectivity index (χ1) is 11.1. The minimum atomic E-state index is -0.0532. The lowest BCUT2D eigenvalue weighted by Gasteiger charge is -2.33. The van der Waals surface area contributed by atoms with E-state index in [1.165, 1.54) is 5.01 Å². The molecule has 2 heterocycles. The molecule has 0 aromatic heterocycles. The van der Waals surface area contributed by atoms with Crippen molar-refractivity contribution in [3.05, 3.63) is 30.3 Å². The highest BCUT2D eigenvalue weighted by atomic mass is 16.5. The Bertz CT molecular complexity index is 607. The normalized spacial score (nSPS) is 19.5. The van der Waals surface area contributed by atoms with Crippen LogP contribution in [0.3, 0.4) is 0 Å². The average Bonchev–Trinajstić information content (AvgIpc) is 2.58. The molecule has 0 unspecified atom stereocenters. The van der Waals surface area contributed by atoms with Crippen LogP contribution in [-0.4, -0.2) is 53.7 Å². The summed E-state index contributed by atoms with van der Waals surface area (Å²) in [5.74, 6) is 0.771. The van der Waals surface area contributed by atoms with Crippen LogP contribution in [0.4, 0.5) is 0 Å². The number of rotatable bonds is 3. The largest absolute Gasteiger partial charge is 0.490 e. The molecule has 0 N–H and O–H groups in total. The summed E-state index contributed by atoms with van der Waals surface area (Å²) in [7, 11) is 1.59. The van der Waals surface area contributed by atoms with E-state index in [2.05, 4.69) is 5.10 Å². The number of hydrogen-bond donors (Lipinski definition) is 0. The molecule has 2 aliphatic rings. The molecule has 1 aromatic rings. The van der Waals surface area contributed by atoms with Crippen LogP contribution in [-0.2, 0) is 9.59 Å². The number of carbonyl (C=O) groups is 2. The Morgan fingerprint density at radius 3 is 2.52 bits per heavy atom. The van der Waals surface area contributed by atoms with Crippen LogP contribution in [0.1, 0.15) is 25.7 Å². The SMILES string of the molecule is CN1N=C(C(=O)N2CCC(Oc3ccccc3)CC2)CCC1=O. The number of hydrogen-bond acceptors (Lipinski definition) is 4. The van der Waals surface area contributed by atoms with Crippen LogP contribution in [0, 0.1) is 0 Å². The molecule has 2 amide bonds. The topological polar surface area (TPSA) is 62.2 Å². The maximum Gasteiger partial charge on any atom is 0.270 e. The van der Waals surface area contributed by atoms with Gasteiger partial charge in [0, 0.05) is 45.8 Å². The minimum absolute atomic E-state index is 0.0449. The van der Waals surface area contributed by atoms with Gasteiger partial charge in [0.2, 0.25) is 5.91 Å². The van der Waals surface area contributed by atoms with E-state index in [1.807, 2.05) is 35.2 Å². The lowest BCUT2D eigenvalue weighted by molar-refractivity contribution is -0.131. The molecule has 6 nitrogen and oxygen atoms in total. The first kappa shape index (κ1) is 15.5. The molecule has 1 saturated heterocycles. The molecule has 0 saturated carbocycles. The van der Waals surface area contributed by atoms with Gasteiger partial charge in [0.25, 0.3) is 5.91 Å². The predicted octanol–water partition coefficient (Wildman–Crippen LogP) is 1.66. The minimum Gasteiger partial charge on any atom is -0.490 e. The Morgan fingerprint density at radius 2 is 1.87 bits per heavy atom. The van der Waals surface area contributed by atoms with Gasteiger partial charge in [-0.1, -0.05) is 18.2 Å². The summed E-state index contributed by atoms with van der Waals surface area (Å²) >= 11 is 0. The second-order valence-corrected chi connectivity index (χ2v) is 5.89. The third-order valence-electron chi connectivity index (χ3n) is 4.23. The highest BCUT2D eigenvalue weighted by Gasteiger charge is 2.29. The van der Waals surface area contributed by atoms with Gasteiger partial charge >= 0.3 is 0 Å². The van der Waals surface area contributed by atoms with Crippen LogP contribution < -0.4 is 4.74 Å². The van der Waals surface area contributed by atoms with Crippen molar-refractivity contribution in [2.75, 3.05) is 20.1 Å². The van der Waals surface area contributed by atoms with Gasteiger partial charge in [-0.05, 0) is 12.1 Å². The monoisotopic (exact) mass is 315 g/mol. The van der Waals surface area contributed by atoms with Gasteiger partial charge in [-0.3, -0.25) is 9.59 Å². The van der Waals surface area contributed by atoms with Crippen LogP contribution in [0.25, 0.3) is 0 Å².